The minimum Gasteiger partial charge on any atom is -0.489 e. The third-order valence-corrected chi connectivity index (χ3v) is 16.7. The van der Waals surface area contributed by atoms with E-state index in [9.17, 15) is 19.2 Å². The number of hydrogen-bond donors (Lipinski definition) is 2. The van der Waals surface area contributed by atoms with Gasteiger partial charge in [-0.25, -0.2) is 33.8 Å². The van der Waals surface area contributed by atoms with Crippen LogP contribution >= 0.6 is 34.0 Å². The number of aryl methyl sites for hydroxylation is 2. The molecule has 0 spiro atoms. The Morgan fingerprint density at radius 2 is 1.11 bits per heavy atom. The van der Waals surface area contributed by atoms with Crippen molar-refractivity contribution < 1.29 is 42.2 Å². The van der Waals surface area contributed by atoms with Crippen LogP contribution in [0.3, 0.4) is 0 Å². The third-order valence-electron chi connectivity index (χ3n) is 14.1. The molecular formula is C60H58N12O9S3. The lowest BCUT2D eigenvalue weighted by molar-refractivity contribution is -0.135. The van der Waals surface area contributed by atoms with Crippen LogP contribution < -0.4 is 20.1 Å². The Morgan fingerprint density at radius 3 is 1.56 bits per heavy atom. The van der Waals surface area contributed by atoms with Crippen molar-refractivity contribution in [3.63, 3.8) is 0 Å². The molecule has 84 heavy (non-hydrogen) atoms. The van der Waals surface area contributed by atoms with Crippen LogP contribution in [0.25, 0.3) is 55.3 Å². The third kappa shape index (κ3) is 12.1. The standard InChI is InChI=1S/C30H32N6O5S.C30H26N6O4S2/c1-18-34-36-16-21(31-28(36)42-18)26-32-25-22(13-8-14-23(25)40-26)39-17-20-12-9-15-35(20)27(37)24(19-10-6-5-7-11-19)33-29(38)41-30(2,3)4;1-18-34-36-16-21(31-30(36)42-18)28-33-26-22(11-5-12-23(26)40-28)39-17-20-10-6-14-35(20)29(38)25(19-8-3-2-4-9-19)32-27(37)24-13-7-15-41-24/h5-8,10-11,13-14,16,20,24H,9,12,15,17H2,1-4H3,(H,33,38);2-5,7-9,11-13,15-16,20,25H,6,10,14,17H2,1H3,(H,32,37)/t20-,24+;20-,25+/m00/s1. The lowest BCUT2D eigenvalue weighted by Crippen LogP contribution is -2.47. The van der Waals surface area contributed by atoms with Crippen molar-refractivity contribution >= 4 is 89.9 Å². The number of hydrogen-bond acceptors (Lipinski definition) is 18. The van der Waals surface area contributed by atoms with Gasteiger partial charge in [0.2, 0.25) is 33.5 Å². The number of carbonyl (C=O) groups is 4. The number of carbonyl (C=O) groups excluding carboxylic acids is 4. The second kappa shape index (κ2) is 23.7. The van der Waals surface area contributed by atoms with Gasteiger partial charge in [0.1, 0.15) is 63.8 Å². The normalized spacial score (nSPS) is 16.0. The molecule has 2 saturated heterocycles. The molecule has 7 aromatic heterocycles. The lowest BCUT2D eigenvalue weighted by Gasteiger charge is -2.30. The van der Waals surface area contributed by atoms with Crippen LogP contribution in [-0.4, -0.2) is 117 Å². The second-order valence-corrected chi connectivity index (χ2v) is 24.5. The molecule has 4 amide bonds. The van der Waals surface area contributed by atoms with E-state index in [1.807, 2.05) is 127 Å². The van der Waals surface area contributed by atoms with Gasteiger partial charge < -0.3 is 43.5 Å². The zero-order valence-electron chi connectivity index (χ0n) is 46.5. The highest BCUT2D eigenvalue weighted by atomic mass is 32.1. The highest BCUT2D eigenvalue weighted by Gasteiger charge is 2.38. The molecule has 2 aliphatic rings. The number of benzene rings is 4. The molecule has 11 aromatic rings. The summed E-state index contributed by atoms with van der Waals surface area (Å²) in [5.41, 5.74) is 4.26. The van der Waals surface area contributed by atoms with Crippen LogP contribution in [0.15, 0.2) is 136 Å². The molecule has 21 nitrogen and oxygen atoms in total. The molecule has 0 radical (unpaired) electrons. The Bertz CT molecular complexity index is 4080. The summed E-state index contributed by atoms with van der Waals surface area (Å²) >= 11 is 4.33. The Kier molecular flexibility index (Phi) is 15.7. The molecule has 4 atom stereocenters. The summed E-state index contributed by atoms with van der Waals surface area (Å²) in [6, 6.07) is 31.2. The fraction of sp³-hybridized carbons (Fsp3) is 0.300. The molecule has 0 bridgehead atoms. The van der Waals surface area contributed by atoms with Crippen molar-refractivity contribution in [2.75, 3.05) is 26.3 Å². The molecule has 2 N–H and O–H groups in total. The second-order valence-electron chi connectivity index (χ2n) is 21.3. The first-order valence-electron chi connectivity index (χ1n) is 27.4. The van der Waals surface area contributed by atoms with Gasteiger partial charge in [-0.1, -0.05) is 102 Å². The maximum absolute atomic E-state index is 13.9. The molecule has 430 valence electrons. The summed E-state index contributed by atoms with van der Waals surface area (Å²) in [7, 11) is 0. The minimum atomic E-state index is -0.883. The average Bonchev–Trinajstić information content (AvgIpc) is 4.17. The van der Waals surface area contributed by atoms with E-state index in [4.69, 9.17) is 23.0 Å². The van der Waals surface area contributed by atoms with Crippen molar-refractivity contribution in [2.45, 2.75) is 90.1 Å². The molecule has 2 fully saturated rings. The van der Waals surface area contributed by atoms with Gasteiger partial charge in [-0.2, -0.15) is 10.2 Å². The van der Waals surface area contributed by atoms with E-state index in [2.05, 4.69) is 40.8 Å². The van der Waals surface area contributed by atoms with Gasteiger partial charge >= 0.3 is 6.09 Å². The van der Waals surface area contributed by atoms with E-state index in [1.54, 1.807) is 53.2 Å². The summed E-state index contributed by atoms with van der Waals surface area (Å²) < 4.78 is 33.4. The molecule has 4 aromatic carbocycles. The molecule has 24 heteroatoms. The summed E-state index contributed by atoms with van der Waals surface area (Å²) in [6.07, 6.45) is 6.20. The fourth-order valence-electron chi connectivity index (χ4n) is 10.3. The molecule has 2 aliphatic heterocycles. The zero-order chi connectivity index (χ0) is 58.1. The Labute approximate surface area is 493 Å². The summed E-state index contributed by atoms with van der Waals surface area (Å²) in [5.74, 6) is 1.28. The maximum atomic E-state index is 13.9. The van der Waals surface area contributed by atoms with Gasteiger partial charge in [-0.3, -0.25) is 14.4 Å². The smallest absolute Gasteiger partial charge is 0.408 e. The van der Waals surface area contributed by atoms with Gasteiger partial charge in [-0.15, -0.1) is 11.3 Å². The first-order valence-corrected chi connectivity index (χ1v) is 29.9. The number of aromatic nitrogens is 8. The first-order chi connectivity index (χ1) is 40.7. The van der Waals surface area contributed by atoms with Crippen molar-refractivity contribution in [2.24, 2.45) is 0 Å². The first kappa shape index (κ1) is 55.5. The van der Waals surface area contributed by atoms with Crippen LogP contribution in [0.1, 0.15) is 89.4 Å². The number of likely N-dealkylation sites (tertiary alicyclic amines) is 2. The number of para-hydroxylation sites is 2. The van der Waals surface area contributed by atoms with Gasteiger partial charge in [0.25, 0.3) is 5.91 Å². The highest BCUT2D eigenvalue weighted by molar-refractivity contribution is 7.17. The van der Waals surface area contributed by atoms with E-state index >= 15 is 0 Å². The summed E-state index contributed by atoms with van der Waals surface area (Å²) in [6.45, 7) is 10.9. The van der Waals surface area contributed by atoms with E-state index in [-0.39, 0.29) is 43.0 Å². The Balaban J connectivity index is 0.000000165. The number of amides is 4. The lowest BCUT2D eigenvalue weighted by atomic mass is 10.0. The topological polar surface area (TPSA) is 239 Å². The van der Waals surface area contributed by atoms with Crippen LogP contribution in [0, 0.1) is 13.8 Å². The molecule has 9 heterocycles. The molecule has 0 aliphatic carbocycles. The summed E-state index contributed by atoms with van der Waals surface area (Å²) in [5, 5.41) is 18.3. The van der Waals surface area contributed by atoms with Crippen molar-refractivity contribution in [1.29, 1.82) is 0 Å². The van der Waals surface area contributed by atoms with Crippen LogP contribution in [-0.2, 0) is 14.3 Å². The molecule has 0 unspecified atom stereocenters. The van der Waals surface area contributed by atoms with Crippen molar-refractivity contribution in [1.82, 2.24) is 59.6 Å². The summed E-state index contributed by atoms with van der Waals surface area (Å²) in [4.78, 5) is 77.7. The van der Waals surface area contributed by atoms with Crippen LogP contribution in [0.2, 0.25) is 0 Å². The van der Waals surface area contributed by atoms with Crippen LogP contribution in [0.5, 0.6) is 11.5 Å². The molecule has 0 saturated carbocycles. The van der Waals surface area contributed by atoms with Crippen molar-refractivity contribution in [3.8, 4) is 34.7 Å². The number of alkyl carbamates (subject to hydrolysis) is 1. The SMILES string of the molecule is Cc1nn2cc(-c3nc4c(OC[C@@H]5CCCN5C(=O)[C@H](NC(=O)OC(C)(C)C)c5ccccc5)cccc4o3)nc2s1.Cc1nn2cc(-c3nc4c(OC[C@@H]5CCCN5C(=O)[C@H](NC(=O)c5cccs5)c5ccccc5)cccc4o3)nc2s1. The Morgan fingerprint density at radius 1 is 0.619 bits per heavy atom. The van der Waals surface area contributed by atoms with E-state index in [0.717, 1.165) is 51.2 Å². The quantitative estimate of drug-likeness (QED) is 0.0970. The number of ether oxygens (including phenoxy) is 3. The van der Waals surface area contributed by atoms with Crippen LogP contribution in [0.4, 0.5) is 4.79 Å². The van der Waals surface area contributed by atoms with Gasteiger partial charge in [0.05, 0.1) is 29.4 Å². The predicted molar refractivity (Wildman–Crippen MR) is 317 cm³/mol. The van der Waals surface area contributed by atoms with E-state index in [0.29, 0.717) is 80.4 Å². The zero-order valence-corrected chi connectivity index (χ0v) is 48.9. The number of imidazole rings is 2. The molecular weight excluding hydrogens is 1130 g/mol. The number of fused-ring (bicyclic) bond motifs is 4. The van der Waals surface area contributed by atoms with Gasteiger partial charge in [-0.05, 0) is 107 Å². The highest BCUT2D eigenvalue weighted by Crippen LogP contribution is 2.35. The number of nitrogens with one attached hydrogen (secondary N) is 2. The predicted octanol–water partition coefficient (Wildman–Crippen LogP) is 11.1. The maximum Gasteiger partial charge on any atom is 0.408 e. The Hall–Kier alpha value is -9.00. The van der Waals surface area contributed by atoms with Crippen molar-refractivity contribution in [3.05, 3.63) is 153 Å². The monoisotopic (exact) mass is 1190 g/mol. The minimum absolute atomic E-state index is 0.150. The van der Waals surface area contributed by atoms with E-state index in [1.165, 1.54) is 34.0 Å². The number of rotatable bonds is 15. The van der Waals surface area contributed by atoms with Gasteiger partial charge in [0, 0.05) is 13.1 Å². The number of oxazole rings is 2. The number of thiophene rings is 1. The molecule has 13 rings (SSSR count). The fourth-order valence-corrected chi connectivity index (χ4v) is 12.4. The van der Waals surface area contributed by atoms with Gasteiger partial charge in [0.15, 0.2) is 22.2 Å². The van der Waals surface area contributed by atoms with E-state index < -0.39 is 23.8 Å². The largest absolute Gasteiger partial charge is 0.489 e. The number of nitrogens with zero attached hydrogens (tertiary/aromatic N) is 10. The average molecular weight is 1190 g/mol.